The Labute approximate surface area is 200 Å². The molecule has 0 spiro atoms. The minimum absolute atomic E-state index is 0.00503. The minimum atomic E-state index is -3.75. The maximum Gasteiger partial charge on any atom is 0.244 e. The number of anilines is 1. The molecule has 0 bridgehead atoms. The highest BCUT2D eigenvalue weighted by Gasteiger charge is 2.33. The average Bonchev–Trinajstić information content (AvgIpc) is 2.79. The molecule has 2 aromatic rings. The van der Waals surface area contributed by atoms with E-state index in [0.29, 0.717) is 31.0 Å². The highest BCUT2D eigenvalue weighted by atomic mass is 35.5. The summed E-state index contributed by atoms with van der Waals surface area (Å²) in [6.07, 6.45) is 0.942. The molecule has 1 N–H and O–H groups in total. The van der Waals surface area contributed by atoms with Crippen LogP contribution in [-0.4, -0.2) is 51.4 Å². The van der Waals surface area contributed by atoms with Crippen LogP contribution in [0.15, 0.2) is 47.4 Å². The van der Waals surface area contributed by atoms with Gasteiger partial charge in [-0.2, -0.15) is 4.31 Å². The predicted octanol–water partition coefficient (Wildman–Crippen LogP) is 4.35. The number of sulfonamides is 1. The van der Waals surface area contributed by atoms with E-state index in [0.717, 1.165) is 6.54 Å². The molecule has 0 radical (unpaired) electrons. The highest BCUT2D eigenvalue weighted by molar-refractivity contribution is 7.89. The summed E-state index contributed by atoms with van der Waals surface area (Å²) >= 11 is 12.1. The SMILES string of the molecule is CCN(CCNC(=O)C1CCN(S(=O)(=O)c2cc(Cl)ccc2Cl)CC1)c1ccccc1C. The van der Waals surface area contributed by atoms with E-state index in [9.17, 15) is 13.2 Å². The molecule has 9 heteroatoms. The molecule has 1 saturated heterocycles. The van der Waals surface area contributed by atoms with E-state index < -0.39 is 10.0 Å². The number of amides is 1. The molecule has 3 rings (SSSR count). The molecule has 0 aromatic heterocycles. The first-order chi connectivity index (χ1) is 15.2. The summed E-state index contributed by atoms with van der Waals surface area (Å²) in [5, 5.41) is 3.48. The number of para-hydroxylation sites is 1. The molecule has 0 aliphatic carbocycles. The van der Waals surface area contributed by atoms with Crippen LogP contribution in [0.3, 0.4) is 0 Å². The van der Waals surface area contributed by atoms with Gasteiger partial charge in [0.15, 0.2) is 0 Å². The van der Waals surface area contributed by atoms with E-state index in [1.165, 1.54) is 27.7 Å². The van der Waals surface area contributed by atoms with Crippen LogP contribution in [0.2, 0.25) is 10.0 Å². The number of carbonyl (C=O) groups excluding carboxylic acids is 1. The maximum absolute atomic E-state index is 13.0. The number of benzene rings is 2. The molecule has 1 heterocycles. The van der Waals surface area contributed by atoms with Gasteiger partial charge in [-0.15, -0.1) is 0 Å². The van der Waals surface area contributed by atoms with E-state index in [4.69, 9.17) is 23.2 Å². The predicted molar refractivity (Wildman–Crippen MR) is 130 cm³/mol. The number of nitrogens with one attached hydrogen (secondary N) is 1. The van der Waals surface area contributed by atoms with Gasteiger partial charge < -0.3 is 10.2 Å². The summed E-state index contributed by atoms with van der Waals surface area (Å²) in [6.45, 7) is 6.82. The molecule has 1 aliphatic heterocycles. The third-order valence-electron chi connectivity index (χ3n) is 5.85. The molecule has 0 atom stereocenters. The number of rotatable bonds is 8. The van der Waals surface area contributed by atoms with Crippen molar-refractivity contribution in [2.75, 3.05) is 37.6 Å². The Kier molecular flexibility index (Phi) is 8.44. The van der Waals surface area contributed by atoms with Gasteiger partial charge in [-0.25, -0.2) is 8.42 Å². The standard InChI is InChI=1S/C23H29Cl2N3O3S/c1-3-27(21-7-5-4-6-17(21)2)15-12-26-23(29)18-10-13-28(14-11-18)32(30,31)22-16-19(24)8-9-20(22)25/h4-9,16,18H,3,10-15H2,1-2H3,(H,26,29). The monoisotopic (exact) mass is 497 g/mol. The van der Waals surface area contributed by atoms with Crippen molar-refractivity contribution in [3.63, 3.8) is 0 Å². The zero-order valence-electron chi connectivity index (χ0n) is 18.4. The van der Waals surface area contributed by atoms with Crippen molar-refractivity contribution in [3.8, 4) is 0 Å². The molecule has 2 aromatic carbocycles. The van der Waals surface area contributed by atoms with E-state index in [-0.39, 0.29) is 34.8 Å². The third-order valence-corrected chi connectivity index (χ3v) is 8.47. The van der Waals surface area contributed by atoms with E-state index in [2.05, 4.69) is 36.2 Å². The Morgan fingerprint density at radius 2 is 1.84 bits per heavy atom. The second-order valence-corrected chi connectivity index (χ2v) is 10.7. The van der Waals surface area contributed by atoms with Crippen LogP contribution in [0.4, 0.5) is 5.69 Å². The fourth-order valence-electron chi connectivity index (χ4n) is 4.00. The smallest absolute Gasteiger partial charge is 0.244 e. The molecule has 0 unspecified atom stereocenters. The number of hydrogen-bond donors (Lipinski definition) is 1. The lowest BCUT2D eigenvalue weighted by Crippen LogP contribution is -2.44. The third kappa shape index (κ3) is 5.76. The lowest BCUT2D eigenvalue weighted by molar-refractivity contribution is -0.126. The Morgan fingerprint density at radius 3 is 2.50 bits per heavy atom. The normalized spacial score (nSPS) is 15.5. The number of halogens is 2. The van der Waals surface area contributed by atoms with Crippen LogP contribution in [0, 0.1) is 12.8 Å². The van der Waals surface area contributed by atoms with Crippen LogP contribution >= 0.6 is 23.2 Å². The largest absolute Gasteiger partial charge is 0.370 e. The lowest BCUT2D eigenvalue weighted by atomic mass is 9.97. The number of piperidine rings is 1. The lowest BCUT2D eigenvalue weighted by Gasteiger charge is -2.31. The molecule has 6 nitrogen and oxygen atoms in total. The van der Waals surface area contributed by atoms with Gasteiger partial charge in [0.1, 0.15) is 4.90 Å². The van der Waals surface area contributed by atoms with Crippen molar-refractivity contribution < 1.29 is 13.2 Å². The highest BCUT2D eigenvalue weighted by Crippen LogP contribution is 2.30. The Morgan fingerprint density at radius 1 is 1.16 bits per heavy atom. The van der Waals surface area contributed by atoms with Crippen molar-refractivity contribution >= 4 is 44.8 Å². The number of carbonyl (C=O) groups is 1. The average molecular weight is 498 g/mol. The summed E-state index contributed by atoms with van der Waals surface area (Å²) in [4.78, 5) is 14.9. The van der Waals surface area contributed by atoms with Crippen LogP contribution in [-0.2, 0) is 14.8 Å². The van der Waals surface area contributed by atoms with Gasteiger partial charge in [0.2, 0.25) is 15.9 Å². The number of nitrogens with zero attached hydrogens (tertiary/aromatic N) is 2. The van der Waals surface area contributed by atoms with Crippen molar-refractivity contribution in [1.29, 1.82) is 0 Å². The van der Waals surface area contributed by atoms with E-state index in [1.807, 2.05) is 12.1 Å². The molecule has 32 heavy (non-hydrogen) atoms. The van der Waals surface area contributed by atoms with Gasteiger partial charge in [-0.05, 0) is 56.5 Å². The zero-order chi connectivity index (χ0) is 23.3. The Balaban J connectivity index is 1.52. The van der Waals surface area contributed by atoms with Gasteiger partial charge in [0.25, 0.3) is 0 Å². The summed E-state index contributed by atoms with van der Waals surface area (Å²) in [5.41, 5.74) is 2.37. The van der Waals surface area contributed by atoms with Gasteiger partial charge in [-0.3, -0.25) is 4.79 Å². The fourth-order valence-corrected chi connectivity index (χ4v) is 6.20. The summed E-state index contributed by atoms with van der Waals surface area (Å²) < 4.78 is 27.3. The van der Waals surface area contributed by atoms with Gasteiger partial charge >= 0.3 is 0 Å². The first kappa shape index (κ1) is 24.8. The molecular formula is C23H29Cl2N3O3S. The maximum atomic E-state index is 13.0. The minimum Gasteiger partial charge on any atom is -0.370 e. The molecule has 1 amide bonds. The quantitative estimate of drug-likeness (QED) is 0.588. The fraction of sp³-hybridized carbons (Fsp3) is 0.435. The second-order valence-electron chi connectivity index (χ2n) is 7.91. The summed E-state index contributed by atoms with van der Waals surface area (Å²) in [5.74, 6) is -0.228. The first-order valence-corrected chi connectivity index (χ1v) is 13.0. The number of hydrogen-bond acceptors (Lipinski definition) is 4. The van der Waals surface area contributed by atoms with Crippen molar-refractivity contribution in [1.82, 2.24) is 9.62 Å². The van der Waals surface area contributed by atoms with Gasteiger partial charge in [0.05, 0.1) is 5.02 Å². The zero-order valence-corrected chi connectivity index (χ0v) is 20.7. The summed E-state index contributed by atoms with van der Waals surface area (Å²) in [7, 11) is -3.75. The van der Waals surface area contributed by atoms with Gasteiger partial charge in [-0.1, -0.05) is 41.4 Å². The second kappa shape index (κ2) is 10.9. The Bertz CT molecular complexity index is 1050. The van der Waals surface area contributed by atoms with Crippen molar-refractivity contribution in [2.45, 2.75) is 31.6 Å². The van der Waals surface area contributed by atoms with Crippen LogP contribution in [0.1, 0.15) is 25.3 Å². The Hall–Kier alpha value is -1.80. The van der Waals surface area contributed by atoms with Crippen LogP contribution in [0.25, 0.3) is 0 Å². The topological polar surface area (TPSA) is 69.7 Å². The molecule has 0 saturated carbocycles. The number of likely N-dealkylation sites (N-methyl/N-ethyl adjacent to an activating group) is 1. The molecule has 1 fully saturated rings. The molecule has 1 aliphatic rings. The summed E-state index contributed by atoms with van der Waals surface area (Å²) in [6, 6.07) is 12.6. The first-order valence-electron chi connectivity index (χ1n) is 10.8. The molecular weight excluding hydrogens is 469 g/mol. The van der Waals surface area contributed by atoms with Gasteiger partial charge in [0, 0.05) is 49.4 Å². The molecule has 174 valence electrons. The van der Waals surface area contributed by atoms with E-state index >= 15 is 0 Å². The van der Waals surface area contributed by atoms with Crippen molar-refractivity contribution in [2.24, 2.45) is 5.92 Å². The van der Waals surface area contributed by atoms with Crippen LogP contribution in [0.5, 0.6) is 0 Å². The van der Waals surface area contributed by atoms with E-state index in [1.54, 1.807) is 6.07 Å². The number of aryl methyl sites for hydroxylation is 1. The van der Waals surface area contributed by atoms with Crippen molar-refractivity contribution in [3.05, 3.63) is 58.1 Å². The van der Waals surface area contributed by atoms with Crippen LogP contribution < -0.4 is 10.2 Å².